The van der Waals surface area contributed by atoms with Gasteiger partial charge in [0.2, 0.25) is 0 Å². The number of hydrogen-bond acceptors (Lipinski definition) is 1. The molecule has 138 valence electrons. The molecule has 6 rings (SSSR count). The lowest BCUT2D eigenvalue weighted by Gasteiger charge is -2.21. The van der Waals surface area contributed by atoms with Crippen LogP contribution in [0.25, 0.3) is 39.0 Å². The average Bonchev–Trinajstić information content (AvgIpc) is 3.20. The van der Waals surface area contributed by atoms with Gasteiger partial charge >= 0.3 is 0 Å². The summed E-state index contributed by atoms with van der Waals surface area (Å²) in [6.45, 7) is 0. The molecule has 4 aromatic carbocycles. The van der Waals surface area contributed by atoms with Crippen molar-refractivity contribution in [2.45, 2.75) is 12.8 Å². The molecule has 2 nitrogen and oxygen atoms in total. The van der Waals surface area contributed by atoms with E-state index >= 15 is 0 Å². The van der Waals surface area contributed by atoms with Gasteiger partial charge in [-0.25, -0.2) is 4.68 Å². The number of aromatic nitrogens is 2. The van der Waals surface area contributed by atoms with Gasteiger partial charge in [0, 0.05) is 10.9 Å². The lowest BCUT2D eigenvalue weighted by molar-refractivity contribution is 0.914. The fourth-order valence-electron chi connectivity index (χ4n) is 4.59. The van der Waals surface area contributed by atoms with E-state index in [1.165, 1.54) is 27.6 Å². The molecule has 5 aromatic rings. The van der Waals surface area contributed by atoms with Crippen LogP contribution >= 0.6 is 0 Å². The normalized spacial score (nSPS) is 12.6. The van der Waals surface area contributed by atoms with Gasteiger partial charge in [0.05, 0.1) is 11.2 Å². The zero-order valence-corrected chi connectivity index (χ0v) is 16.0. The Bertz CT molecular complexity index is 1330. The van der Waals surface area contributed by atoms with E-state index in [9.17, 15) is 0 Å². The zero-order valence-electron chi connectivity index (χ0n) is 16.0. The molecule has 0 N–H and O–H groups in total. The van der Waals surface area contributed by atoms with E-state index in [0.717, 1.165) is 35.3 Å². The molecule has 0 aliphatic heterocycles. The molecule has 0 radical (unpaired) electrons. The number of benzene rings is 4. The molecule has 0 atom stereocenters. The SMILES string of the molecule is c1ccc(-c2nn(-c3ccccc3)c3ccc4c(c23)-c2ccccc2CC4)cc1. The lowest BCUT2D eigenvalue weighted by atomic mass is 9.83. The van der Waals surface area contributed by atoms with Crippen LogP contribution in [0.2, 0.25) is 0 Å². The van der Waals surface area contributed by atoms with Crippen LogP contribution in [0.3, 0.4) is 0 Å². The van der Waals surface area contributed by atoms with Crippen LogP contribution in [0.4, 0.5) is 0 Å². The Hall–Kier alpha value is -3.65. The second kappa shape index (κ2) is 6.46. The van der Waals surface area contributed by atoms with Gasteiger partial charge in [-0.1, -0.05) is 78.9 Å². The van der Waals surface area contributed by atoms with Crippen molar-refractivity contribution in [2.24, 2.45) is 0 Å². The van der Waals surface area contributed by atoms with Crippen LogP contribution in [0.1, 0.15) is 11.1 Å². The van der Waals surface area contributed by atoms with Gasteiger partial charge in [-0.05, 0) is 53.3 Å². The molecule has 1 aliphatic rings. The first-order chi connectivity index (χ1) is 14.4. The third kappa shape index (κ3) is 2.53. The van der Waals surface area contributed by atoms with E-state index < -0.39 is 0 Å². The largest absolute Gasteiger partial charge is 0.232 e. The number of para-hydroxylation sites is 1. The Morgan fingerprint density at radius 2 is 1.31 bits per heavy atom. The third-order valence-corrected chi connectivity index (χ3v) is 5.93. The number of aryl methyl sites for hydroxylation is 2. The standard InChI is InChI=1S/C27H20N2/c1-3-10-21(11-4-1)27-26-24(29(28-27)22-12-5-2-6-13-22)18-17-20-16-15-19-9-7-8-14-23(19)25(20)26/h1-14,17-18H,15-16H2. The second-order valence-electron chi connectivity index (χ2n) is 7.61. The van der Waals surface area contributed by atoms with Gasteiger partial charge in [-0.15, -0.1) is 0 Å². The highest BCUT2D eigenvalue weighted by molar-refractivity contribution is 6.06. The van der Waals surface area contributed by atoms with Gasteiger partial charge in [-0.2, -0.15) is 5.10 Å². The van der Waals surface area contributed by atoms with Crippen molar-refractivity contribution in [1.82, 2.24) is 9.78 Å². The molecule has 0 saturated carbocycles. The summed E-state index contributed by atoms with van der Waals surface area (Å²) in [5.41, 5.74) is 10.0. The van der Waals surface area contributed by atoms with E-state index in [4.69, 9.17) is 5.10 Å². The van der Waals surface area contributed by atoms with Crippen molar-refractivity contribution in [3.63, 3.8) is 0 Å². The van der Waals surface area contributed by atoms with Gasteiger partial charge in [0.1, 0.15) is 5.69 Å². The maximum absolute atomic E-state index is 5.13. The third-order valence-electron chi connectivity index (χ3n) is 5.93. The van der Waals surface area contributed by atoms with Crippen molar-refractivity contribution in [2.75, 3.05) is 0 Å². The first-order valence-corrected chi connectivity index (χ1v) is 10.1. The summed E-state index contributed by atoms with van der Waals surface area (Å²) in [4.78, 5) is 0. The predicted octanol–water partition coefficient (Wildman–Crippen LogP) is 6.46. The molecular formula is C27H20N2. The fraction of sp³-hybridized carbons (Fsp3) is 0.0741. The molecule has 29 heavy (non-hydrogen) atoms. The van der Waals surface area contributed by atoms with E-state index in [0.29, 0.717) is 0 Å². The molecule has 1 aromatic heterocycles. The maximum atomic E-state index is 5.13. The van der Waals surface area contributed by atoms with Crippen molar-refractivity contribution in [3.8, 4) is 28.1 Å². The Balaban J connectivity index is 1.75. The van der Waals surface area contributed by atoms with E-state index in [-0.39, 0.29) is 0 Å². The van der Waals surface area contributed by atoms with Crippen LogP contribution in [-0.4, -0.2) is 9.78 Å². The smallest absolute Gasteiger partial charge is 0.101 e. The Morgan fingerprint density at radius 1 is 0.621 bits per heavy atom. The minimum Gasteiger partial charge on any atom is -0.232 e. The first kappa shape index (κ1) is 16.3. The van der Waals surface area contributed by atoms with Crippen LogP contribution < -0.4 is 0 Å². The van der Waals surface area contributed by atoms with Crippen molar-refractivity contribution >= 4 is 10.9 Å². The molecule has 0 amide bonds. The van der Waals surface area contributed by atoms with Gasteiger partial charge < -0.3 is 0 Å². The first-order valence-electron chi connectivity index (χ1n) is 10.1. The van der Waals surface area contributed by atoms with Gasteiger partial charge in [0.25, 0.3) is 0 Å². The highest BCUT2D eigenvalue weighted by Gasteiger charge is 2.24. The summed E-state index contributed by atoms with van der Waals surface area (Å²) >= 11 is 0. The van der Waals surface area contributed by atoms with Gasteiger partial charge in [-0.3, -0.25) is 0 Å². The molecule has 0 unspecified atom stereocenters. The summed E-state index contributed by atoms with van der Waals surface area (Å²) in [6.07, 6.45) is 2.18. The van der Waals surface area contributed by atoms with Crippen LogP contribution in [0.5, 0.6) is 0 Å². The monoisotopic (exact) mass is 372 g/mol. The van der Waals surface area contributed by atoms with Crippen LogP contribution in [0.15, 0.2) is 97.1 Å². The van der Waals surface area contributed by atoms with Crippen LogP contribution in [0, 0.1) is 0 Å². The molecule has 0 saturated heterocycles. The summed E-state index contributed by atoms with van der Waals surface area (Å²) in [5, 5.41) is 6.38. The highest BCUT2D eigenvalue weighted by Crippen LogP contribution is 2.43. The lowest BCUT2D eigenvalue weighted by Crippen LogP contribution is -2.04. The van der Waals surface area contributed by atoms with Crippen molar-refractivity contribution < 1.29 is 0 Å². The molecule has 2 heteroatoms. The van der Waals surface area contributed by atoms with Crippen LogP contribution in [-0.2, 0) is 12.8 Å². The molecular weight excluding hydrogens is 352 g/mol. The average molecular weight is 372 g/mol. The molecule has 0 fully saturated rings. The fourth-order valence-corrected chi connectivity index (χ4v) is 4.59. The van der Waals surface area contributed by atoms with Crippen molar-refractivity contribution in [1.29, 1.82) is 0 Å². The number of nitrogens with zero attached hydrogens (tertiary/aromatic N) is 2. The summed E-state index contributed by atoms with van der Waals surface area (Å²) in [6, 6.07) is 34.3. The van der Waals surface area contributed by atoms with Gasteiger partial charge in [0.15, 0.2) is 0 Å². The summed E-state index contributed by atoms with van der Waals surface area (Å²) in [5.74, 6) is 0. The molecule has 1 aliphatic carbocycles. The Labute approximate surface area is 170 Å². The maximum Gasteiger partial charge on any atom is 0.101 e. The Kier molecular flexibility index (Phi) is 3.63. The topological polar surface area (TPSA) is 17.8 Å². The zero-order chi connectivity index (χ0) is 19.2. The minimum atomic E-state index is 1.05. The molecule has 0 bridgehead atoms. The van der Waals surface area contributed by atoms with E-state index in [2.05, 4.69) is 95.7 Å². The molecule has 0 spiro atoms. The molecule has 1 heterocycles. The van der Waals surface area contributed by atoms with E-state index in [1.807, 2.05) is 6.07 Å². The number of hydrogen-bond donors (Lipinski definition) is 0. The summed E-state index contributed by atoms with van der Waals surface area (Å²) in [7, 11) is 0. The number of rotatable bonds is 2. The quantitative estimate of drug-likeness (QED) is 0.348. The van der Waals surface area contributed by atoms with E-state index in [1.54, 1.807) is 0 Å². The summed E-state index contributed by atoms with van der Waals surface area (Å²) < 4.78 is 2.09. The Morgan fingerprint density at radius 3 is 2.14 bits per heavy atom. The minimum absolute atomic E-state index is 1.05. The second-order valence-corrected chi connectivity index (χ2v) is 7.61. The predicted molar refractivity (Wildman–Crippen MR) is 119 cm³/mol. The number of fused-ring (bicyclic) bond motifs is 5. The van der Waals surface area contributed by atoms with Crippen molar-refractivity contribution in [3.05, 3.63) is 108 Å². The highest BCUT2D eigenvalue weighted by atomic mass is 15.3.